The van der Waals surface area contributed by atoms with E-state index in [0.717, 1.165) is 15.8 Å². The minimum atomic E-state index is -0.825. The Balaban J connectivity index is 1.92. The van der Waals surface area contributed by atoms with E-state index in [0.29, 0.717) is 37.7 Å². The van der Waals surface area contributed by atoms with Gasteiger partial charge in [-0.3, -0.25) is 19.0 Å². The molecule has 0 unspecified atom stereocenters. The van der Waals surface area contributed by atoms with Crippen molar-refractivity contribution in [2.45, 2.75) is 33.7 Å². The molecule has 0 bridgehead atoms. The third-order valence-electron chi connectivity index (χ3n) is 5.49. The predicted octanol–water partition coefficient (Wildman–Crippen LogP) is 3.41. The number of hydrogen-bond acceptors (Lipinski definition) is 9. The molecule has 196 valence electrons. The molecule has 0 N–H and O–H groups in total. The number of benzene rings is 2. The van der Waals surface area contributed by atoms with E-state index in [1.165, 1.54) is 18.4 Å². The maximum atomic E-state index is 13.8. The molecule has 3 aromatic rings. The first-order valence-corrected chi connectivity index (χ1v) is 13.2. The van der Waals surface area contributed by atoms with Gasteiger partial charge in [0, 0.05) is 23.9 Å². The molecular weight excluding hydrogens is 576 g/mol. The van der Waals surface area contributed by atoms with E-state index in [4.69, 9.17) is 14.2 Å². The molecule has 4 rings (SSSR count). The molecule has 0 fully saturated rings. The molecule has 0 amide bonds. The summed E-state index contributed by atoms with van der Waals surface area (Å²) in [5, 5.41) is 0. The van der Waals surface area contributed by atoms with Gasteiger partial charge in [0.05, 0.1) is 28.5 Å². The molecule has 1 atom stereocenters. The number of carbonyl (C=O) groups excluding carboxylic acids is 3. The van der Waals surface area contributed by atoms with Crippen LogP contribution in [0.5, 0.6) is 11.5 Å². The SMILES string of the molecule is CCOC(=O)C1=C(C)N=c2sc(=Cc3cc(Br)ccc3OC(C)=O)c(=O)n2[C@H]1c1ccc(OC(C)=O)cc1. The Morgan fingerprint density at radius 1 is 1.08 bits per heavy atom. The summed E-state index contributed by atoms with van der Waals surface area (Å²) in [6.45, 7) is 6.14. The van der Waals surface area contributed by atoms with Crippen LogP contribution in [0, 0.1) is 0 Å². The molecule has 1 aliphatic heterocycles. The molecule has 9 nitrogen and oxygen atoms in total. The molecule has 2 heterocycles. The lowest BCUT2D eigenvalue weighted by molar-refractivity contribution is -0.139. The Morgan fingerprint density at radius 3 is 2.39 bits per heavy atom. The number of thiazole rings is 1. The minimum absolute atomic E-state index is 0.153. The second-order valence-corrected chi connectivity index (χ2v) is 10.2. The van der Waals surface area contributed by atoms with Crippen LogP contribution in [0.15, 0.2) is 68.0 Å². The monoisotopic (exact) mass is 598 g/mol. The summed E-state index contributed by atoms with van der Waals surface area (Å²) in [4.78, 5) is 54.7. The van der Waals surface area contributed by atoms with Crippen molar-refractivity contribution < 1.29 is 28.6 Å². The zero-order valence-corrected chi connectivity index (χ0v) is 23.3. The van der Waals surface area contributed by atoms with Crippen LogP contribution in [-0.4, -0.2) is 29.1 Å². The summed E-state index contributed by atoms with van der Waals surface area (Å²) >= 11 is 4.56. The number of halogens is 1. The first kappa shape index (κ1) is 27.2. The summed E-state index contributed by atoms with van der Waals surface area (Å²) in [7, 11) is 0. The quantitative estimate of drug-likeness (QED) is 0.315. The van der Waals surface area contributed by atoms with Gasteiger partial charge in [0.25, 0.3) is 5.56 Å². The summed E-state index contributed by atoms with van der Waals surface area (Å²) in [5.41, 5.74) is 1.39. The zero-order chi connectivity index (χ0) is 27.6. The molecule has 0 saturated carbocycles. The third kappa shape index (κ3) is 5.68. The van der Waals surface area contributed by atoms with E-state index in [1.807, 2.05) is 0 Å². The van der Waals surface area contributed by atoms with Crippen LogP contribution in [-0.2, 0) is 19.1 Å². The fourth-order valence-electron chi connectivity index (χ4n) is 4.01. The molecule has 1 aliphatic rings. The van der Waals surface area contributed by atoms with Gasteiger partial charge in [-0.15, -0.1) is 0 Å². The molecule has 1 aromatic heterocycles. The molecule has 0 aliphatic carbocycles. The number of hydrogen-bond donors (Lipinski definition) is 0. The van der Waals surface area contributed by atoms with Gasteiger partial charge in [0.15, 0.2) is 4.80 Å². The van der Waals surface area contributed by atoms with Crippen molar-refractivity contribution in [3.8, 4) is 11.5 Å². The number of aromatic nitrogens is 1. The Labute approximate surface area is 229 Å². The Hall–Kier alpha value is -3.83. The van der Waals surface area contributed by atoms with E-state index in [9.17, 15) is 19.2 Å². The van der Waals surface area contributed by atoms with Crippen LogP contribution in [0.2, 0.25) is 0 Å². The highest BCUT2D eigenvalue weighted by Crippen LogP contribution is 2.32. The largest absolute Gasteiger partial charge is 0.463 e. The molecule has 38 heavy (non-hydrogen) atoms. The van der Waals surface area contributed by atoms with Crippen molar-refractivity contribution in [1.82, 2.24) is 4.57 Å². The number of nitrogens with zero attached hydrogens (tertiary/aromatic N) is 2. The van der Waals surface area contributed by atoms with Crippen LogP contribution in [0.3, 0.4) is 0 Å². The Bertz CT molecular complexity index is 1650. The second kappa shape index (κ2) is 11.3. The van der Waals surface area contributed by atoms with Gasteiger partial charge in [-0.2, -0.15) is 0 Å². The lowest BCUT2D eigenvalue weighted by Crippen LogP contribution is -2.39. The van der Waals surface area contributed by atoms with E-state index in [2.05, 4.69) is 20.9 Å². The van der Waals surface area contributed by atoms with Crippen molar-refractivity contribution in [3.05, 3.63) is 89.0 Å². The number of rotatable bonds is 6. The average molecular weight is 599 g/mol. The van der Waals surface area contributed by atoms with Crippen molar-refractivity contribution in [3.63, 3.8) is 0 Å². The predicted molar refractivity (Wildman–Crippen MR) is 144 cm³/mol. The van der Waals surface area contributed by atoms with Gasteiger partial charge in [-0.1, -0.05) is 39.4 Å². The second-order valence-electron chi connectivity index (χ2n) is 8.24. The maximum Gasteiger partial charge on any atom is 0.338 e. The summed E-state index contributed by atoms with van der Waals surface area (Å²) in [6, 6.07) is 10.8. The number of ether oxygens (including phenoxy) is 3. The van der Waals surface area contributed by atoms with E-state index in [1.54, 1.807) is 62.4 Å². The molecule has 2 aromatic carbocycles. The highest BCUT2D eigenvalue weighted by molar-refractivity contribution is 9.10. The van der Waals surface area contributed by atoms with E-state index >= 15 is 0 Å². The zero-order valence-electron chi connectivity index (χ0n) is 20.9. The van der Waals surface area contributed by atoms with E-state index in [-0.39, 0.29) is 17.7 Å². The molecule has 0 radical (unpaired) electrons. The summed E-state index contributed by atoms with van der Waals surface area (Å²) in [5.74, 6) is -0.904. The smallest absolute Gasteiger partial charge is 0.338 e. The normalized spacial score (nSPS) is 15.0. The Morgan fingerprint density at radius 2 is 1.76 bits per heavy atom. The summed E-state index contributed by atoms with van der Waals surface area (Å²) < 4.78 is 18.3. The fraction of sp³-hybridized carbons (Fsp3) is 0.222. The Kier molecular flexibility index (Phi) is 8.08. The fourth-order valence-corrected chi connectivity index (χ4v) is 5.43. The van der Waals surface area contributed by atoms with Crippen LogP contribution in [0.25, 0.3) is 6.08 Å². The van der Waals surface area contributed by atoms with Gasteiger partial charge in [-0.05, 0) is 55.8 Å². The summed E-state index contributed by atoms with van der Waals surface area (Å²) in [6.07, 6.45) is 1.62. The van der Waals surface area contributed by atoms with E-state index < -0.39 is 23.9 Å². The van der Waals surface area contributed by atoms with Crippen LogP contribution in [0.4, 0.5) is 0 Å². The van der Waals surface area contributed by atoms with Gasteiger partial charge in [-0.25, -0.2) is 9.79 Å². The first-order chi connectivity index (χ1) is 18.1. The standard InChI is InChI=1S/C27H23BrN2O7S/c1-5-35-26(34)23-14(2)29-27-30(24(23)17-6-9-20(10-7-17)36-15(3)31)25(33)22(38-27)13-18-12-19(28)8-11-21(18)37-16(4)32/h6-13,24H,5H2,1-4H3/t24-/m0/s1. The highest BCUT2D eigenvalue weighted by atomic mass is 79.9. The van der Waals surface area contributed by atoms with Crippen molar-refractivity contribution in [2.24, 2.45) is 4.99 Å². The molecule has 0 saturated heterocycles. The topological polar surface area (TPSA) is 113 Å². The van der Waals surface area contributed by atoms with Gasteiger partial charge >= 0.3 is 17.9 Å². The lowest BCUT2D eigenvalue weighted by atomic mass is 9.96. The van der Waals surface area contributed by atoms with Crippen molar-refractivity contribution >= 4 is 51.3 Å². The van der Waals surface area contributed by atoms with Gasteiger partial charge < -0.3 is 14.2 Å². The third-order valence-corrected chi connectivity index (χ3v) is 6.96. The van der Waals surface area contributed by atoms with Crippen LogP contribution in [0.1, 0.15) is 44.9 Å². The first-order valence-electron chi connectivity index (χ1n) is 11.5. The number of fused-ring (bicyclic) bond motifs is 1. The highest BCUT2D eigenvalue weighted by Gasteiger charge is 2.33. The maximum absolute atomic E-state index is 13.8. The van der Waals surface area contributed by atoms with Crippen molar-refractivity contribution in [2.75, 3.05) is 6.61 Å². The molecule has 11 heteroatoms. The lowest BCUT2D eigenvalue weighted by Gasteiger charge is -2.24. The molecular formula is C27H23BrN2O7S. The van der Waals surface area contributed by atoms with Crippen molar-refractivity contribution in [1.29, 1.82) is 0 Å². The molecule has 0 spiro atoms. The van der Waals surface area contributed by atoms with Gasteiger partial charge in [0.2, 0.25) is 0 Å². The van der Waals surface area contributed by atoms with Crippen LogP contribution < -0.4 is 24.4 Å². The average Bonchev–Trinajstić information content (AvgIpc) is 3.14. The number of allylic oxidation sites excluding steroid dienone is 1. The van der Waals surface area contributed by atoms with Crippen LogP contribution >= 0.6 is 27.3 Å². The van der Waals surface area contributed by atoms with Gasteiger partial charge in [0.1, 0.15) is 11.5 Å². The minimum Gasteiger partial charge on any atom is -0.463 e. The number of carbonyl (C=O) groups is 3. The number of esters is 3.